The number of hydrogen-bond donors (Lipinski definition) is 5. The van der Waals surface area contributed by atoms with E-state index in [-0.39, 0.29) is 5.75 Å². The molecule has 252 valence electrons. The molecule has 0 aliphatic heterocycles. The molecule has 0 fully saturated rings. The highest BCUT2D eigenvalue weighted by atomic mass is 19.1. The van der Waals surface area contributed by atoms with Gasteiger partial charge in [-0.2, -0.15) is 4.39 Å². The van der Waals surface area contributed by atoms with Crippen LogP contribution in [0.15, 0.2) is 85.2 Å². The molecule has 6 heterocycles. The molecule has 0 spiro atoms. The Labute approximate surface area is 285 Å². The fourth-order valence-electron chi connectivity index (χ4n) is 6.42. The van der Waals surface area contributed by atoms with Gasteiger partial charge in [-0.05, 0) is 43.3 Å². The molecule has 0 unspecified atom stereocenters. The fraction of sp³-hybridized carbons (Fsp3) is 0.154. The van der Waals surface area contributed by atoms with Crippen molar-refractivity contribution in [1.29, 1.82) is 0 Å². The van der Waals surface area contributed by atoms with E-state index in [1.807, 2.05) is 49.4 Å². The van der Waals surface area contributed by atoms with Gasteiger partial charge < -0.3 is 29.5 Å². The Balaban J connectivity index is 0.000000118. The van der Waals surface area contributed by atoms with Gasteiger partial charge in [0.25, 0.3) is 5.69 Å². The summed E-state index contributed by atoms with van der Waals surface area (Å²) in [7, 11) is 5.37. The van der Waals surface area contributed by atoms with Gasteiger partial charge in [0.1, 0.15) is 35.3 Å². The lowest BCUT2D eigenvalue weighted by Crippen LogP contribution is -2.32. The van der Waals surface area contributed by atoms with Crippen LogP contribution in [-0.2, 0) is 7.05 Å². The van der Waals surface area contributed by atoms with Crippen molar-refractivity contribution in [3.8, 4) is 17.2 Å². The Bertz CT molecular complexity index is 2720. The number of phenolic OH excluding ortho intramolecular Hbond substituents is 1. The number of aromatic amines is 3. The van der Waals surface area contributed by atoms with Gasteiger partial charge >= 0.3 is 0 Å². The van der Waals surface area contributed by atoms with Crippen LogP contribution in [0.2, 0.25) is 0 Å². The number of nitrogens with zero attached hydrogens (tertiary/aromatic N) is 3. The molecular weight excluding hydrogens is 635 g/mol. The maximum atomic E-state index is 13.3. The molecule has 0 atom stereocenters. The Morgan fingerprint density at radius 3 is 1.76 bits per heavy atom. The lowest BCUT2D eigenvalue weighted by molar-refractivity contribution is -0.907. The number of hydrogen-bond acceptors (Lipinski definition) is 5. The first-order chi connectivity index (χ1) is 24.1. The number of methoxy groups -OCH3 is 2. The van der Waals surface area contributed by atoms with Crippen molar-refractivity contribution in [2.24, 2.45) is 7.05 Å². The van der Waals surface area contributed by atoms with E-state index in [0.717, 1.165) is 71.1 Å². The van der Waals surface area contributed by atoms with Crippen molar-refractivity contribution in [2.75, 3.05) is 14.2 Å². The summed E-state index contributed by atoms with van der Waals surface area (Å²) >= 11 is 0. The van der Waals surface area contributed by atoms with E-state index in [9.17, 15) is 14.7 Å². The lowest BCUT2D eigenvalue weighted by atomic mass is 10.1. The highest BCUT2D eigenvalue weighted by molar-refractivity contribution is 6.09. The van der Waals surface area contributed by atoms with Crippen LogP contribution in [0.3, 0.4) is 0 Å². The van der Waals surface area contributed by atoms with Crippen LogP contribution in [0.5, 0.6) is 17.2 Å². The van der Waals surface area contributed by atoms with E-state index >= 15 is 0 Å². The number of nitrogens with one attached hydrogen (secondary N) is 3. The number of benzene rings is 3. The summed E-state index contributed by atoms with van der Waals surface area (Å²) < 4.78 is 26.9. The average molecular weight is 673 g/mol. The fourth-order valence-corrected chi connectivity index (χ4v) is 6.42. The Hall–Kier alpha value is -6.36. The predicted molar refractivity (Wildman–Crippen MR) is 193 cm³/mol. The van der Waals surface area contributed by atoms with E-state index in [0.29, 0.717) is 5.69 Å². The first-order valence-electron chi connectivity index (χ1n) is 16.0. The number of ether oxygens (including phenoxy) is 2. The van der Waals surface area contributed by atoms with Gasteiger partial charge in [0.2, 0.25) is 17.8 Å². The summed E-state index contributed by atoms with van der Waals surface area (Å²) in [5.74, 6) is 1.43. The normalized spacial score (nSPS) is 11.3. The van der Waals surface area contributed by atoms with Crippen LogP contribution < -0.4 is 18.8 Å². The van der Waals surface area contributed by atoms with Crippen molar-refractivity contribution < 1.29 is 33.5 Å². The Morgan fingerprint density at radius 2 is 1.14 bits per heavy atom. The maximum Gasteiger partial charge on any atom is 0.254 e. The van der Waals surface area contributed by atoms with Crippen LogP contribution in [0, 0.1) is 26.7 Å². The minimum Gasteiger partial charge on any atom is -0.508 e. The summed E-state index contributed by atoms with van der Waals surface area (Å²) in [6.45, 7) is 5.74. The Morgan fingerprint density at radius 1 is 0.620 bits per heavy atom. The number of halogens is 1. The summed E-state index contributed by atoms with van der Waals surface area (Å²) in [6, 6.07) is 22.5. The molecule has 0 radical (unpaired) electrons. The van der Waals surface area contributed by atoms with Gasteiger partial charge in [-0.1, -0.05) is 0 Å². The molecule has 10 nitrogen and oxygen atoms in total. The van der Waals surface area contributed by atoms with Crippen molar-refractivity contribution in [2.45, 2.75) is 20.8 Å². The topological polar surface area (TPSA) is 127 Å². The quantitative estimate of drug-likeness (QED) is 0.0739. The zero-order valence-electron chi connectivity index (χ0n) is 28.5. The zero-order valence-corrected chi connectivity index (χ0v) is 28.5. The van der Waals surface area contributed by atoms with Gasteiger partial charge in [-0.25, -0.2) is 9.55 Å². The lowest BCUT2D eigenvalue weighted by Gasteiger charge is -1.98. The third kappa shape index (κ3) is 5.62. The largest absolute Gasteiger partial charge is 0.508 e. The van der Waals surface area contributed by atoms with E-state index < -0.39 is 5.95 Å². The van der Waals surface area contributed by atoms with Crippen molar-refractivity contribution in [3.05, 3.63) is 108 Å². The number of rotatable bonds is 2. The summed E-state index contributed by atoms with van der Waals surface area (Å²) in [6.07, 6.45) is 3.70. The molecule has 5 N–H and O–H groups in total. The van der Waals surface area contributed by atoms with Gasteiger partial charge in [0.15, 0.2) is 6.20 Å². The minimum atomic E-state index is -0.452. The van der Waals surface area contributed by atoms with Crippen LogP contribution in [-0.4, -0.2) is 44.5 Å². The van der Waals surface area contributed by atoms with Crippen molar-refractivity contribution in [1.82, 2.24) is 19.9 Å². The monoisotopic (exact) mass is 672 g/mol. The van der Waals surface area contributed by atoms with Crippen molar-refractivity contribution >= 4 is 65.4 Å². The van der Waals surface area contributed by atoms with E-state index in [2.05, 4.69) is 56.8 Å². The van der Waals surface area contributed by atoms with Crippen LogP contribution in [0.25, 0.3) is 65.4 Å². The molecule has 0 aliphatic carbocycles. The molecule has 0 aliphatic rings. The third-order valence-electron chi connectivity index (χ3n) is 9.26. The minimum absolute atomic E-state index is 0.230. The number of aromatic nitrogens is 6. The molecule has 0 saturated carbocycles. The second-order valence-corrected chi connectivity index (χ2v) is 12.2. The number of fused-ring (bicyclic) bond motifs is 9. The molecule has 9 rings (SSSR count). The summed E-state index contributed by atoms with van der Waals surface area (Å²) in [5, 5.41) is 25.4. The highest BCUT2D eigenvalue weighted by Crippen LogP contribution is 2.31. The second kappa shape index (κ2) is 12.6. The van der Waals surface area contributed by atoms with E-state index in [4.69, 9.17) is 9.47 Å². The average Bonchev–Trinajstić information content (AvgIpc) is 3.79. The number of aromatic hydroxyl groups is 1. The standard InChI is InChI=1S/C14H14N2O.C13H11FN2O.C12H10N2O2/c1-9-14-12(6-7-16(9)2)11-5-4-10(17-3)8-13(11)15-14;1-7-13-10(6-12(14)15-7)9-4-3-8(17-2)5-11(9)16-13;1-7-12-10(4-5-14(7)16)9-3-2-8(15)6-11(9)13-12/h4-8H,1-3H3;3-6,16H,1-2H3;2-6,16H,1H3,(H,13,15)/p+2. The summed E-state index contributed by atoms with van der Waals surface area (Å²) in [5.41, 5.74) is 8.49. The number of aryl methyl sites for hydroxylation is 4. The van der Waals surface area contributed by atoms with Crippen LogP contribution in [0.1, 0.15) is 17.1 Å². The first kappa shape index (κ1) is 32.2. The van der Waals surface area contributed by atoms with Gasteiger partial charge in [0, 0.05) is 87.3 Å². The predicted octanol–water partition coefficient (Wildman–Crippen LogP) is 7.49. The maximum absolute atomic E-state index is 13.3. The van der Waals surface area contributed by atoms with Crippen molar-refractivity contribution in [3.63, 3.8) is 0 Å². The molecule has 6 aromatic heterocycles. The zero-order chi connectivity index (χ0) is 35.3. The molecule has 50 heavy (non-hydrogen) atoms. The van der Waals surface area contributed by atoms with Gasteiger partial charge in [0.05, 0.1) is 42.0 Å². The Kier molecular flexibility index (Phi) is 8.11. The highest BCUT2D eigenvalue weighted by Gasteiger charge is 2.15. The van der Waals surface area contributed by atoms with E-state index in [1.54, 1.807) is 39.5 Å². The molecular formula is C39H37FN6O4+2. The molecule has 9 aromatic rings. The third-order valence-corrected chi connectivity index (χ3v) is 9.26. The number of pyridine rings is 3. The van der Waals surface area contributed by atoms with Crippen LogP contribution >= 0.6 is 0 Å². The van der Waals surface area contributed by atoms with Crippen LogP contribution in [0.4, 0.5) is 4.39 Å². The van der Waals surface area contributed by atoms with E-state index in [1.165, 1.54) is 28.0 Å². The van der Waals surface area contributed by atoms with Gasteiger partial charge in [-0.3, -0.25) is 5.21 Å². The number of H-pyrrole nitrogens is 3. The molecule has 11 heteroatoms. The molecule has 0 saturated heterocycles. The summed E-state index contributed by atoms with van der Waals surface area (Å²) in [4.78, 5) is 13.7. The smallest absolute Gasteiger partial charge is 0.254 e. The first-order valence-corrected chi connectivity index (χ1v) is 16.0. The van der Waals surface area contributed by atoms with Gasteiger partial charge in [-0.15, -0.1) is 0 Å². The molecule has 0 bridgehead atoms. The second-order valence-electron chi connectivity index (χ2n) is 12.2. The molecule has 0 amide bonds. The number of phenols is 1. The molecule has 3 aromatic carbocycles. The SMILES string of the molecule is COc1ccc2c(c1)[nH]c1c(C)[n+](C)ccc12.COc1ccc2c(c1)[nH]c1c(C)nc(F)cc12.Cc1c2[nH]c3cc(O)ccc3c2cc[n+]1O.